The Kier molecular flexibility index (Phi) is 4.63. The molecule has 2 aliphatic rings. The van der Waals surface area contributed by atoms with Crippen molar-refractivity contribution >= 4 is 27.8 Å². The molecule has 2 saturated heterocycles. The number of esters is 1. The van der Waals surface area contributed by atoms with Gasteiger partial charge in [-0.3, -0.25) is 9.59 Å². The van der Waals surface area contributed by atoms with Crippen LogP contribution in [0, 0.1) is 11.4 Å². The lowest BCUT2D eigenvalue weighted by molar-refractivity contribution is -0.149. The first-order valence-corrected chi connectivity index (χ1v) is 8.30. The summed E-state index contributed by atoms with van der Waals surface area (Å²) in [6, 6.07) is 1.37. The Morgan fingerprint density at radius 3 is 3.00 bits per heavy atom. The monoisotopic (exact) mass is 385 g/mol. The summed E-state index contributed by atoms with van der Waals surface area (Å²) in [6.45, 7) is 1.76. The van der Waals surface area contributed by atoms with E-state index in [9.17, 15) is 14.0 Å². The third kappa shape index (κ3) is 3.37. The van der Waals surface area contributed by atoms with Gasteiger partial charge in [0, 0.05) is 17.1 Å². The molecule has 6 nitrogen and oxygen atoms in total. The van der Waals surface area contributed by atoms with Crippen molar-refractivity contribution in [2.45, 2.75) is 25.4 Å². The molecule has 2 N–H and O–H groups in total. The third-order valence-electron chi connectivity index (χ3n) is 4.43. The highest BCUT2D eigenvalue weighted by Crippen LogP contribution is 2.41. The lowest BCUT2D eigenvalue weighted by Gasteiger charge is -2.29. The van der Waals surface area contributed by atoms with Crippen LogP contribution in [-0.2, 0) is 9.53 Å². The summed E-state index contributed by atoms with van der Waals surface area (Å²) < 4.78 is 19.5. The van der Waals surface area contributed by atoms with Gasteiger partial charge in [-0.05, 0) is 47.9 Å². The van der Waals surface area contributed by atoms with Crippen molar-refractivity contribution in [3.05, 3.63) is 28.2 Å². The van der Waals surface area contributed by atoms with Crippen LogP contribution >= 0.6 is 15.9 Å². The van der Waals surface area contributed by atoms with Crippen LogP contribution in [0.3, 0.4) is 0 Å². The first-order chi connectivity index (χ1) is 11.0. The zero-order valence-corrected chi connectivity index (χ0v) is 14.0. The maximum absolute atomic E-state index is 13.6. The first kappa shape index (κ1) is 16.3. The van der Waals surface area contributed by atoms with Gasteiger partial charge in [-0.1, -0.05) is 0 Å². The van der Waals surface area contributed by atoms with E-state index in [4.69, 9.17) is 4.74 Å². The van der Waals surface area contributed by atoms with Crippen LogP contribution in [0.5, 0.6) is 0 Å². The fraction of sp³-hybridized carbons (Fsp3) is 0.533. The number of cyclic esters (lactones) is 1. The number of carbonyl (C=O) groups is 2. The highest BCUT2D eigenvalue weighted by molar-refractivity contribution is 9.10. The second-order valence-electron chi connectivity index (χ2n) is 5.96. The molecule has 1 unspecified atom stereocenters. The Bertz CT molecular complexity index is 634. The summed E-state index contributed by atoms with van der Waals surface area (Å²) in [6.07, 6.45) is 3.01. The number of pyridine rings is 1. The molecular weight excluding hydrogens is 369 g/mol. The van der Waals surface area contributed by atoms with Crippen LogP contribution < -0.4 is 10.6 Å². The number of rotatable bonds is 3. The summed E-state index contributed by atoms with van der Waals surface area (Å²) in [5, 5.41) is 5.84. The van der Waals surface area contributed by atoms with Crippen LogP contribution in [0.25, 0.3) is 0 Å². The first-order valence-electron chi connectivity index (χ1n) is 7.51. The lowest BCUT2D eigenvalue weighted by atomic mass is 9.76. The molecule has 1 atom stereocenters. The van der Waals surface area contributed by atoms with Gasteiger partial charge in [-0.15, -0.1) is 0 Å². The second kappa shape index (κ2) is 6.52. The molecule has 0 radical (unpaired) electrons. The van der Waals surface area contributed by atoms with E-state index < -0.39 is 17.3 Å². The van der Waals surface area contributed by atoms with Gasteiger partial charge in [-0.25, -0.2) is 4.98 Å². The minimum atomic E-state index is -0.830. The van der Waals surface area contributed by atoms with Crippen LogP contribution in [0.2, 0.25) is 0 Å². The molecule has 0 aromatic carbocycles. The van der Waals surface area contributed by atoms with Crippen LogP contribution in [-0.4, -0.2) is 42.6 Å². The van der Waals surface area contributed by atoms with Crippen LogP contribution in [0.15, 0.2) is 16.7 Å². The number of nitrogens with zero attached hydrogens (tertiary/aromatic N) is 1. The Labute approximate surface area is 141 Å². The van der Waals surface area contributed by atoms with Crippen molar-refractivity contribution in [2.75, 3.05) is 19.6 Å². The maximum atomic E-state index is 13.6. The Hall–Kier alpha value is -1.54. The zero-order valence-electron chi connectivity index (χ0n) is 12.4. The van der Waals surface area contributed by atoms with Crippen molar-refractivity contribution < 1.29 is 18.7 Å². The van der Waals surface area contributed by atoms with Gasteiger partial charge in [-0.2, -0.15) is 4.39 Å². The predicted octanol–water partition coefficient (Wildman–Crippen LogP) is 1.40. The zero-order chi connectivity index (χ0) is 16.4. The maximum Gasteiger partial charge on any atom is 0.312 e. The number of aromatic nitrogens is 1. The average molecular weight is 386 g/mol. The third-order valence-corrected chi connectivity index (χ3v) is 4.86. The topological polar surface area (TPSA) is 80.3 Å². The standard InChI is InChI=1S/C15H17BrFN3O3/c16-9-5-11(12(17)19-7-9)13(21)20-8-10-6-15(14(22)23-10)1-3-18-4-2-15/h5,7,10,18H,1-4,6,8H2,(H,20,21). The summed E-state index contributed by atoms with van der Waals surface area (Å²) in [5.41, 5.74) is -0.566. The number of carbonyl (C=O) groups excluding carboxylic acids is 2. The molecule has 3 heterocycles. The number of halogens is 2. The summed E-state index contributed by atoms with van der Waals surface area (Å²) in [7, 11) is 0. The van der Waals surface area contributed by atoms with Crippen molar-refractivity contribution in [3.63, 3.8) is 0 Å². The van der Waals surface area contributed by atoms with Crippen molar-refractivity contribution in [2.24, 2.45) is 5.41 Å². The van der Waals surface area contributed by atoms with E-state index in [1.165, 1.54) is 12.3 Å². The minimum Gasteiger partial charge on any atom is -0.460 e. The SMILES string of the molecule is O=C(NCC1CC2(CCNCC2)C(=O)O1)c1cc(Br)cnc1F. The molecular formula is C15H17BrFN3O3. The van der Waals surface area contributed by atoms with Crippen molar-refractivity contribution in [1.82, 2.24) is 15.6 Å². The van der Waals surface area contributed by atoms with Gasteiger partial charge in [0.2, 0.25) is 5.95 Å². The highest BCUT2D eigenvalue weighted by Gasteiger charge is 2.49. The Morgan fingerprint density at radius 1 is 1.52 bits per heavy atom. The predicted molar refractivity (Wildman–Crippen MR) is 83.3 cm³/mol. The van der Waals surface area contributed by atoms with Gasteiger partial charge in [0.1, 0.15) is 6.10 Å². The fourth-order valence-corrected chi connectivity index (χ4v) is 3.48. The van der Waals surface area contributed by atoms with E-state index in [2.05, 4.69) is 31.5 Å². The number of ether oxygens (including phenoxy) is 1. The fourth-order valence-electron chi connectivity index (χ4n) is 3.15. The summed E-state index contributed by atoms with van der Waals surface area (Å²) in [4.78, 5) is 27.7. The molecule has 0 saturated carbocycles. The van der Waals surface area contributed by atoms with E-state index in [-0.39, 0.29) is 24.2 Å². The molecule has 1 spiro atoms. The molecule has 1 aromatic rings. The molecule has 1 amide bonds. The molecule has 0 bridgehead atoms. The van der Waals surface area contributed by atoms with Crippen molar-refractivity contribution in [1.29, 1.82) is 0 Å². The van der Waals surface area contributed by atoms with Crippen molar-refractivity contribution in [3.8, 4) is 0 Å². The number of amides is 1. The second-order valence-corrected chi connectivity index (χ2v) is 6.88. The average Bonchev–Trinajstić information content (AvgIpc) is 2.84. The minimum absolute atomic E-state index is 0.139. The quantitative estimate of drug-likeness (QED) is 0.607. The Morgan fingerprint density at radius 2 is 2.26 bits per heavy atom. The van der Waals surface area contributed by atoms with E-state index in [0.29, 0.717) is 10.9 Å². The molecule has 3 rings (SSSR count). The number of hydrogen-bond acceptors (Lipinski definition) is 5. The van der Waals surface area contributed by atoms with Gasteiger partial charge in [0.25, 0.3) is 5.91 Å². The van der Waals surface area contributed by atoms with E-state index in [0.717, 1.165) is 25.9 Å². The smallest absolute Gasteiger partial charge is 0.312 e. The summed E-state index contributed by atoms with van der Waals surface area (Å²) >= 11 is 3.15. The lowest BCUT2D eigenvalue weighted by Crippen LogP contribution is -2.39. The largest absolute Gasteiger partial charge is 0.460 e. The van der Waals surface area contributed by atoms with Gasteiger partial charge in [0.15, 0.2) is 0 Å². The van der Waals surface area contributed by atoms with E-state index in [1.54, 1.807) is 0 Å². The van der Waals surface area contributed by atoms with Gasteiger partial charge in [0.05, 0.1) is 17.5 Å². The van der Waals surface area contributed by atoms with Crippen LogP contribution in [0.4, 0.5) is 4.39 Å². The molecule has 124 valence electrons. The van der Waals surface area contributed by atoms with E-state index in [1.807, 2.05) is 0 Å². The van der Waals surface area contributed by atoms with Gasteiger partial charge >= 0.3 is 5.97 Å². The molecule has 8 heteroatoms. The number of nitrogens with one attached hydrogen (secondary N) is 2. The molecule has 23 heavy (non-hydrogen) atoms. The Balaban J connectivity index is 1.60. The molecule has 1 aromatic heterocycles. The molecule has 2 fully saturated rings. The molecule has 0 aliphatic carbocycles. The normalized spacial score (nSPS) is 22.9. The molecule has 2 aliphatic heterocycles. The van der Waals surface area contributed by atoms with Crippen LogP contribution in [0.1, 0.15) is 29.6 Å². The highest BCUT2D eigenvalue weighted by atomic mass is 79.9. The number of hydrogen-bond donors (Lipinski definition) is 2. The number of piperidine rings is 1. The summed E-state index contributed by atoms with van der Waals surface area (Å²) in [5.74, 6) is -1.59. The van der Waals surface area contributed by atoms with Gasteiger partial charge < -0.3 is 15.4 Å². The van der Waals surface area contributed by atoms with E-state index >= 15 is 0 Å².